The first-order chi connectivity index (χ1) is 7.79. The lowest BCUT2D eigenvalue weighted by Gasteiger charge is -2.07. The van der Waals surface area contributed by atoms with Gasteiger partial charge in [-0.3, -0.25) is 0 Å². The van der Waals surface area contributed by atoms with Gasteiger partial charge in [0.25, 0.3) is 0 Å². The number of benzene rings is 2. The molecular weight excluding hydrogens is 222 g/mol. The molecule has 0 unspecified atom stereocenters. The highest BCUT2D eigenvalue weighted by Gasteiger charge is 2.05. The second-order valence-electron chi connectivity index (χ2n) is 3.14. The number of nitrogens with zero attached hydrogens (tertiary/aromatic N) is 1. The molecule has 3 heteroatoms. The highest BCUT2D eigenvalue weighted by atomic mass is 35.5. The van der Waals surface area contributed by atoms with Crippen LogP contribution in [-0.2, 0) is 0 Å². The number of hydrogen-bond donors (Lipinski definition) is 0. The Kier molecular flexibility index (Phi) is 3.09. The minimum atomic E-state index is 0.413. The Balaban J connectivity index is 2.32. The molecule has 0 aromatic heterocycles. The lowest BCUT2D eigenvalue weighted by Crippen LogP contribution is -1.83. The van der Waals surface area contributed by atoms with Crippen molar-refractivity contribution in [3.05, 3.63) is 65.0 Å². The van der Waals surface area contributed by atoms with Crippen LogP contribution in [0.2, 0.25) is 5.02 Å². The highest BCUT2D eigenvalue weighted by Crippen LogP contribution is 2.33. The van der Waals surface area contributed by atoms with Gasteiger partial charge < -0.3 is 4.74 Å². The quantitative estimate of drug-likeness (QED) is 0.682. The smallest absolute Gasteiger partial charge is 0.230 e. The molecule has 0 spiro atoms. The van der Waals surface area contributed by atoms with Crippen LogP contribution in [0.15, 0.2) is 48.5 Å². The van der Waals surface area contributed by atoms with Crippen LogP contribution in [0, 0.1) is 6.57 Å². The zero-order valence-corrected chi connectivity index (χ0v) is 9.11. The molecule has 2 aromatic carbocycles. The third-order valence-electron chi connectivity index (χ3n) is 2.01. The maximum Gasteiger partial charge on any atom is 0.230 e. The van der Waals surface area contributed by atoms with Crippen molar-refractivity contribution in [1.29, 1.82) is 0 Å². The molecule has 0 radical (unpaired) electrons. The summed E-state index contributed by atoms with van der Waals surface area (Å²) in [6.07, 6.45) is 0. The Hall–Kier alpha value is -1.98. The van der Waals surface area contributed by atoms with E-state index in [4.69, 9.17) is 22.9 Å². The van der Waals surface area contributed by atoms with Crippen LogP contribution in [0.1, 0.15) is 0 Å². The first kappa shape index (κ1) is 10.5. The molecule has 78 valence electrons. The monoisotopic (exact) mass is 229 g/mol. The molecule has 0 fully saturated rings. The summed E-state index contributed by atoms with van der Waals surface area (Å²) in [6, 6.07) is 14.3. The maximum atomic E-state index is 7.03. The minimum absolute atomic E-state index is 0.413. The Morgan fingerprint density at radius 3 is 2.50 bits per heavy atom. The van der Waals surface area contributed by atoms with Crippen molar-refractivity contribution in [3.8, 4) is 11.5 Å². The number of hydrogen-bond acceptors (Lipinski definition) is 1. The van der Waals surface area contributed by atoms with E-state index >= 15 is 0 Å². The van der Waals surface area contributed by atoms with Crippen LogP contribution in [0.25, 0.3) is 4.85 Å². The maximum absolute atomic E-state index is 7.03. The predicted octanol–water partition coefficient (Wildman–Crippen LogP) is 4.68. The zero-order valence-electron chi connectivity index (χ0n) is 8.35. The number of para-hydroxylation sites is 1. The third-order valence-corrected chi connectivity index (χ3v) is 2.25. The SMILES string of the molecule is [C-]#[N+]c1cc(Cl)ccc1Oc1ccccc1. The van der Waals surface area contributed by atoms with Gasteiger partial charge >= 0.3 is 0 Å². The molecule has 0 aliphatic rings. The van der Waals surface area contributed by atoms with E-state index in [1.165, 1.54) is 0 Å². The van der Waals surface area contributed by atoms with Crippen molar-refractivity contribution in [3.63, 3.8) is 0 Å². The number of rotatable bonds is 2. The van der Waals surface area contributed by atoms with Gasteiger partial charge in [-0.2, -0.15) is 0 Å². The van der Waals surface area contributed by atoms with E-state index in [9.17, 15) is 0 Å². The van der Waals surface area contributed by atoms with Crippen LogP contribution in [0.5, 0.6) is 11.5 Å². The average molecular weight is 230 g/mol. The molecule has 2 rings (SSSR count). The van der Waals surface area contributed by atoms with Crippen LogP contribution in [0.3, 0.4) is 0 Å². The van der Waals surface area contributed by atoms with Gasteiger partial charge in [-0.05, 0) is 30.3 Å². The molecule has 0 bridgehead atoms. The zero-order chi connectivity index (χ0) is 11.4. The van der Waals surface area contributed by atoms with Crippen LogP contribution < -0.4 is 4.74 Å². The Morgan fingerprint density at radius 1 is 1.06 bits per heavy atom. The number of halogens is 1. The van der Waals surface area contributed by atoms with Gasteiger partial charge in [0.1, 0.15) is 11.5 Å². The predicted molar refractivity (Wildman–Crippen MR) is 64.2 cm³/mol. The van der Waals surface area contributed by atoms with Gasteiger partial charge in [-0.1, -0.05) is 29.8 Å². The molecule has 0 saturated carbocycles. The van der Waals surface area contributed by atoms with E-state index in [-0.39, 0.29) is 0 Å². The average Bonchev–Trinajstić information content (AvgIpc) is 2.33. The molecule has 0 atom stereocenters. The molecule has 0 amide bonds. The van der Waals surface area contributed by atoms with Crippen LogP contribution >= 0.6 is 11.6 Å². The Bertz CT molecular complexity index is 531. The third kappa shape index (κ3) is 2.33. The fraction of sp³-hybridized carbons (Fsp3) is 0. The summed E-state index contributed by atoms with van der Waals surface area (Å²) in [7, 11) is 0. The molecule has 2 aromatic rings. The summed E-state index contributed by atoms with van der Waals surface area (Å²) in [5.41, 5.74) is 0.413. The lowest BCUT2D eigenvalue weighted by atomic mass is 10.3. The molecule has 16 heavy (non-hydrogen) atoms. The molecule has 0 aliphatic heterocycles. The van der Waals surface area contributed by atoms with Crippen molar-refractivity contribution >= 4 is 17.3 Å². The molecule has 0 saturated heterocycles. The van der Waals surface area contributed by atoms with E-state index in [0.717, 1.165) is 0 Å². The van der Waals surface area contributed by atoms with Crippen molar-refractivity contribution in [2.45, 2.75) is 0 Å². The molecule has 0 aliphatic carbocycles. The fourth-order valence-electron chi connectivity index (χ4n) is 1.28. The summed E-state index contributed by atoms with van der Waals surface area (Å²) in [6.45, 7) is 7.03. The van der Waals surface area contributed by atoms with Gasteiger partial charge in [-0.15, -0.1) is 0 Å². The minimum Gasteiger partial charge on any atom is -0.468 e. The van der Waals surface area contributed by atoms with Crippen LogP contribution in [-0.4, -0.2) is 0 Å². The van der Waals surface area contributed by atoms with Gasteiger partial charge in [0.2, 0.25) is 5.69 Å². The van der Waals surface area contributed by atoms with E-state index in [2.05, 4.69) is 4.85 Å². The van der Waals surface area contributed by atoms with Crippen molar-refractivity contribution in [2.75, 3.05) is 0 Å². The van der Waals surface area contributed by atoms with E-state index < -0.39 is 0 Å². The highest BCUT2D eigenvalue weighted by molar-refractivity contribution is 6.30. The largest absolute Gasteiger partial charge is 0.468 e. The van der Waals surface area contributed by atoms with Crippen molar-refractivity contribution in [1.82, 2.24) is 0 Å². The summed E-state index contributed by atoms with van der Waals surface area (Å²) in [5, 5.41) is 0.534. The van der Waals surface area contributed by atoms with E-state index in [0.29, 0.717) is 22.2 Å². The normalized spacial score (nSPS) is 9.50. The Labute approximate surface area is 98.9 Å². The molecule has 0 heterocycles. The summed E-state index contributed by atoms with van der Waals surface area (Å²) in [5.74, 6) is 1.22. The number of ether oxygens (including phenoxy) is 1. The van der Waals surface area contributed by atoms with E-state index in [1.807, 2.05) is 30.3 Å². The van der Waals surface area contributed by atoms with Gasteiger partial charge in [0.15, 0.2) is 0 Å². The first-order valence-corrected chi connectivity index (χ1v) is 5.07. The van der Waals surface area contributed by atoms with E-state index in [1.54, 1.807) is 18.2 Å². The van der Waals surface area contributed by atoms with Crippen LogP contribution in [0.4, 0.5) is 5.69 Å². The van der Waals surface area contributed by atoms with Gasteiger partial charge in [0.05, 0.1) is 6.57 Å². The molecule has 2 nitrogen and oxygen atoms in total. The first-order valence-electron chi connectivity index (χ1n) is 4.69. The molecule has 0 N–H and O–H groups in total. The van der Waals surface area contributed by atoms with Crippen molar-refractivity contribution < 1.29 is 4.74 Å². The second kappa shape index (κ2) is 4.69. The standard InChI is InChI=1S/C13H8ClNO/c1-15-12-9-10(14)7-8-13(12)16-11-5-3-2-4-6-11/h2-9H. The summed E-state index contributed by atoms with van der Waals surface area (Å²) >= 11 is 5.80. The van der Waals surface area contributed by atoms with Gasteiger partial charge in [-0.25, -0.2) is 4.85 Å². The summed E-state index contributed by atoms with van der Waals surface area (Å²) < 4.78 is 5.58. The Morgan fingerprint density at radius 2 is 1.81 bits per heavy atom. The topological polar surface area (TPSA) is 13.6 Å². The fourth-order valence-corrected chi connectivity index (χ4v) is 1.45. The molecular formula is C13H8ClNO. The van der Waals surface area contributed by atoms with Gasteiger partial charge in [0, 0.05) is 5.02 Å². The van der Waals surface area contributed by atoms with Crippen molar-refractivity contribution in [2.24, 2.45) is 0 Å². The second-order valence-corrected chi connectivity index (χ2v) is 3.58. The lowest BCUT2D eigenvalue weighted by molar-refractivity contribution is 0.485. The summed E-state index contributed by atoms with van der Waals surface area (Å²) in [4.78, 5) is 3.37.